The number of carboxylic acid groups (broad SMARTS) is 1. The Kier molecular flexibility index (Phi) is 12.1. The smallest absolute Gasteiger partial charge is 0.303 e. The summed E-state index contributed by atoms with van der Waals surface area (Å²) >= 11 is 0. The number of aliphatic hydroxyl groups excluding tert-OH is 2. The van der Waals surface area contributed by atoms with Gasteiger partial charge >= 0.3 is 5.97 Å². The number of aliphatic carboxylic acids is 1. The van der Waals surface area contributed by atoms with E-state index >= 15 is 0 Å². The Bertz CT molecular complexity index is 1090. The summed E-state index contributed by atoms with van der Waals surface area (Å²) in [4.78, 5) is 25.1. The molecule has 0 bridgehead atoms. The van der Waals surface area contributed by atoms with Crippen LogP contribution in [0.3, 0.4) is 0 Å². The quantitative estimate of drug-likeness (QED) is 0.235. The molecule has 4 rings (SSSR count). The van der Waals surface area contributed by atoms with Crippen molar-refractivity contribution in [1.29, 1.82) is 0 Å². The van der Waals surface area contributed by atoms with E-state index in [0.29, 0.717) is 25.8 Å². The Balaban J connectivity index is 1.33. The molecule has 2 aliphatic rings. The average Bonchev–Trinajstić information content (AvgIpc) is 3.44. The summed E-state index contributed by atoms with van der Waals surface area (Å²) < 4.78 is 12.9. The van der Waals surface area contributed by atoms with Crippen LogP contribution in [0.25, 0.3) is 0 Å². The van der Waals surface area contributed by atoms with Crippen LogP contribution in [0.1, 0.15) is 92.4 Å². The molecule has 2 aromatic rings. The molecule has 9 heteroatoms. The van der Waals surface area contributed by atoms with Crippen LogP contribution in [0.4, 0.5) is 0 Å². The fourth-order valence-corrected chi connectivity index (χ4v) is 5.63. The summed E-state index contributed by atoms with van der Waals surface area (Å²) in [5.74, 6) is -0.783. The second kappa shape index (κ2) is 16.0. The minimum atomic E-state index is -0.776. The van der Waals surface area contributed by atoms with Crippen LogP contribution in [-0.2, 0) is 32.2 Å². The number of carboxylic acids is 1. The van der Waals surface area contributed by atoms with Crippen molar-refractivity contribution in [3.8, 4) is 0 Å². The van der Waals surface area contributed by atoms with E-state index in [4.69, 9.17) is 14.6 Å². The van der Waals surface area contributed by atoms with Gasteiger partial charge in [-0.25, -0.2) is 0 Å². The van der Waals surface area contributed by atoms with Crippen molar-refractivity contribution < 1.29 is 34.4 Å². The number of nitrogens with zero attached hydrogens (tertiary/aromatic N) is 1. The summed E-state index contributed by atoms with van der Waals surface area (Å²) in [6, 6.07) is 15.9. The summed E-state index contributed by atoms with van der Waals surface area (Å²) in [6.45, 7) is 2.28. The Labute approximate surface area is 242 Å². The zero-order chi connectivity index (χ0) is 29.0. The number of likely N-dealkylation sites (tertiary alicyclic amines) is 1. The van der Waals surface area contributed by atoms with Gasteiger partial charge in [-0.2, -0.15) is 0 Å². The molecular formula is C32H44N2O7. The van der Waals surface area contributed by atoms with E-state index in [1.165, 1.54) is 0 Å². The molecule has 0 spiro atoms. The van der Waals surface area contributed by atoms with Crippen LogP contribution in [-0.4, -0.2) is 63.9 Å². The average molecular weight is 569 g/mol. The standard InChI is InChI=1S/C32H44N2O7/c35-21-24-11-13-25(14-12-24)29-18-28(20-34-17-5-6-27(34)22-36)40-32(41-29)26-15-9-23(10-16-26)19-33-30(37)7-3-1-2-4-8-31(38)39/h9-16,27-29,32,35-36H,1-8,17-22H2,(H,33,37)(H,38,39)/t27-,28+,29-,32-/m0/s1. The van der Waals surface area contributed by atoms with Gasteiger partial charge in [0, 0.05) is 44.0 Å². The van der Waals surface area contributed by atoms with Crippen molar-refractivity contribution in [2.24, 2.45) is 0 Å². The number of unbranched alkanes of at least 4 members (excludes halogenated alkanes) is 3. The van der Waals surface area contributed by atoms with Crippen molar-refractivity contribution >= 4 is 11.9 Å². The first kappa shape index (κ1) is 31.1. The minimum Gasteiger partial charge on any atom is -0.481 e. The normalized spacial score (nSPS) is 23.0. The molecule has 0 aromatic heterocycles. The molecule has 0 aliphatic carbocycles. The van der Waals surface area contributed by atoms with E-state index in [0.717, 1.165) is 67.4 Å². The first-order valence-corrected chi connectivity index (χ1v) is 14.9. The molecule has 2 heterocycles. The molecule has 0 unspecified atom stereocenters. The van der Waals surface area contributed by atoms with Crippen LogP contribution in [0.15, 0.2) is 48.5 Å². The van der Waals surface area contributed by atoms with Crippen LogP contribution in [0, 0.1) is 0 Å². The monoisotopic (exact) mass is 568 g/mol. The van der Waals surface area contributed by atoms with Crippen molar-refractivity contribution in [3.63, 3.8) is 0 Å². The molecule has 2 aliphatic heterocycles. The second-order valence-corrected chi connectivity index (χ2v) is 11.1. The Morgan fingerprint density at radius 1 is 0.878 bits per heavy atom. The van der Waals surface area contributed by atoms with Crippen molar-refractivity contribution in [2.45, 2.75) is 95.5 Å². The lowest BCUT2D eigenvalue weighted by atomic mass is 9.99. The fourth-order valence-electron chi connectivity index (χ4n) is 5.63. The molecule has 41 heavy (non-hydrogen) atoms. The van der Waals surface area contributed by atoms with Crippen molar-refractivity contribution in [1.82, 2.24) is 10.2 Å². The highest BCUT2D eigenvalue weighted by molar-refractivity contribution is 5.75. The molecule has 4 N–H and O–H groups in total. The van der Waals surface area contributed by atoms with E-state index in [-0.39, 0.29) is 43.8 Å². The number of carbonyl (C=O) groups excluding carboxylic acids is 1. The van der Waals surface area contributed by atoms with Gasteiger partial charge in [-0.15, -0.1) is 0 Å². The maximum absolute atomic E-state index is 12.2. The molecule has 2 aromatic carbocycles. The Morgan fingerprint density at radius 2 is 1.56 bits per heavy atom. The highest BCUT2D eigenvalue weighted by atomic mass is 16.7. The SMILES string of the molecule is O=C(O)CCCCCCC(=O)NCc1ccc([C@H]2O[C@@H](CN3CCC[C@H]3CO)C[C@@H](c3ccc(CO)cc3)O2)cc1. The summed E-state index contributed by atoms with van der Waals surface area (Å²) in [5, 5.41) is 30.9. The van der Waals surface area contributed by atoms with E-state index in [1.54, 1.807) is 0 Å². The third-order valence-electron chi connectivity index (χ3n) is 8.05. The van der Waals surface area contributed by atoms with Crippen molar-refractivity contribution in [3.05, 3.63) is 70.8 Å². The van der Waals surface area contributed by atoms with Gasteiger partial charge in [0.25, 0.3) is 0 Å². The number of rotatable bonds is 15. The van der Waals surface area contributed by atoms with Gasteiger partial charge in [0.05, 0.1) is 25.4 Å². The van der Waals surface area contributed by atoms with E-state index < -0.39 is 12.3 Å². The van der Waals surface area contributed by atoms with Gasteiger partial charge in [0.1, 0.15) is 0 Å². The molecular weight excluding hydrogens is 524 g/mol. The first-order chi connectivity index (χ1) is 19.9. The topological polar surface area (TPSA) is 129 Å². The molecule has 0 radical (unpaired) electrons. The minimum absolute atomic E-state index is 0.000919. The van der Waals surface area contributed by atoms with Gasteiger partial charge in [-0.1, -0.05) is 61.4 Å². The summed E-state index contributed by atoms with van der Waals surface area (Å²) in [5.41, 5.74) is 3.79. The Hall–Kier alpha value is -2.82. The zero-order valence-corrected chi connectivity index (χ0v) is 23.7. The highest BCUT2D eigenvalue weighted by Gasteiger charge is 2.35. The van der Waals surface area contributed by atoms with E-state index in [9.17, 15) is 19.8 Å². The molecule has 4 atom stereocenters. The summed E-state index contributed by atoms with van der Waals surface area (Å²) in [6.07, 6.45) is 5.70. The number of benzene rings is 2. The van der Waals surface area contributed by atoms with Gasteiger partial charge in [-0.3, -0.25) is 14.5 Å². The molecule has 1 amide bonds. The number of carbonyl (C=O) groups is 2. The lowest BCUT2D eigenvalue weighted by Crippen LogP contribution is -2.42. The van der Waals surface area contributed by atoms with Gasteiger partial charge in [0.2, 0.25) is 5.91 Å². The summed E-state index contributed by atoms with van der Waals surface area (Å²) in [7, 11) is 0. The van der Waals surface area contributed by atoms with Gasteiger partial charge in [0.15, 0.2) is 6.29 Å². The van der Waals surface area contributed by atoms with Crippen LogP contribution < -0.4 is 5.32 Å². The zero-order valence-electron chi connectivity index (χ0n) is 23.7. The van der Waals surface area contributed by atoms with Crippen molar-refractivity contribution in [2.75, 3.05) is 19.7 Å². The van der Waals surface area contributed by atoms with Gasteiger partial charge < -0.3 is 30.1 Å². The molecule has 9 nitrogen and oxygen atoms in total. The van der Waals surface area contributed by atoms with E-state index in [1.807, 2.05) is 48.5 Å². The molecule has 0 saturated carbocycles. The number of hydrogen-bond acceptors (Lipinski definition) is 7. The highest BCUT2D eigenvalue weighted by Crippen LogP contribution is 2.38. The van der Waals surface area contributed by atoms with Crippen LogP contribution in [0.5, 0.6) is 0 Å². The third kappa shape index (κ3) is 9.61. The molecule has 2 fully saturated rings. The fraction of sp³-hybridized carbons (Fsp3) is 0.562. The Morgan fingerprint density at radius 3 is 2.24 bits per heavy atom. The second-order valence-electron chi connectivity index (χ2n) is 11.1. The maximum Gasteiger partial charge on any atom is 0.303 e. The molecule has 224 valence electrons. The van der Waals surface area contributed by atoms with Crippen LogP contribution in [0.2, 0.25) is 0 Å². The third-order valence-corrected chi connectivity index (χ3v) is 8.05. The molecule has 2 saturated heterocycles. The number of nitrogens with one attached hydrogen (secondary N) is 1. The van der Waals surface area contributed by atoms with Gasteiger partial charge in [-0.05, 0) is 48.9 Å². The lowest BCUT2D eigenvalue weighted by Gasteiger charge is -2.38. The number of amides is 1. The van der Waals surface area contributed by atoms with E-state index in [2.05, 4.69) is 10.2 Å². The number of aliphatic hydroxyl groups is 2. The predicted octanol–water partition coefficient (Wildman–Crippen LogP) is 4.22. The predicted molar refractivity (Wildman–Crippen MR) is 154 cm³/mol. The maximum atomic E-state index is 12.2. The first-order valence-electron chi connectivity index (χ1n) is 14.9. The largest absolute Gasteiger partial charge is 0.481 e. The number of ether oxygens (including phenoxy) is 2. The lowest BCUT2D eigenvalue weighted by molar-refractivity contribution is -0.253. The van der Waals surface area contributed by atoms with Crippen LogP contribution >= 0.6 is 0 Å². The number of hydrogen-bond donors (Lipinski definition) is 4.